The summed E-state index contributed by atoms with van der Waals surface area (Å²) in [6.07, 6.45) is -0.856. The third kappa shape index (κ3) is 7.87. The van der Waals surface area contributed by atoms with Crippen LogP contribution >= 0.6 is 0 Å². The number of anilines is 2. The molecule has 0 unspecified atom stereocenters. The summed E-state index contributed by atoms with van der Waals surface area (Å²) in [5.74, 6) is -0.529. The first-order valence-corrected chi connectivity index (χ1v) is 17.2. The van der Waals surface area contributed by atoms with Crippen LogP contribution in [0.25, 0.3) is 17.2 Å². The first-order valence-electron chi connectivity index (χ1n) is 15.3. The van der Waals surface area contributed by atoms with Gasteiger partial charge in [0, 0.05) is 37.5 Å². The Morgan fingerprint density at radius 2 is 1.91 bits per heavy atom. The van der Waals surface area contributed by atoms with E-state index in [0.717, 1.165) is 19.1 Å². The molecule has 14 heteroatoms. The van der Waals surface area contributed by atoms with Gasteiger partial charge in [-0.05, 0) is 73.4 Å². The van der Waals surface area contributed by atoms with Crippen molar-refractivity contribution in [2.24, 2.45) is 5.41 Å². The average molecular weight is 674 g/mol. The van der Waals surface area contributed by atoms with Crippen LogP contribution in [0.5, 0.6) is 5.88 Å². The molecule has 252 valence electrons. The number of nitrogens with two attached hydrogens (primary N) is 1. The number of esters is 1. The second-order valence-corrected chi connectivity index (χ2v) is 14.0. The van der Waals surface area contributed by atoms with Gasteiger partial charge in [0.1, 0.15) is 11.9 Å². The second-order valence-electron chi connectivity index (χ2n) is 12.0. The number of nitrogens with zero attached hydrogens (tertiary/aromatic N) is 3. The van der Waals surface area contributed by atoms with Crippen LogP contribution in [0.4, 0.5) is 24.9 Å². The van der Waals surface area contributed by atoms with E-state index in [1.54, 1.807) is 38.1 Å². The highest BCUT2D eigenvalue weighted by atomic mass is 32.2. The van der Waals surface area contributed by atoms with Crippen molar-refractivity contribution in [1.82, 2.24) is 15.3 Å². The molecule has 3 heterocycles. The molecule has 3 N–H and O–H groups in total. The molecule has 5 rings (SSSR count). The molecule has 3 aromatic rings. The molecule has 0 saturated carbocycles. The summed E-state index contributed by atoms with van der Waals surface area (Å²) < 4.78 is 79.9. The Kier molecular flexibility index (Phi) is 9.83. The van der Waals surface area contributed by atoms with Crippen LogP contribution in [0.3, 0.4) is 0 Å². The normalized spacial score (nSPS) is 18.9. The zero-order valence-corrected chi connectivity index (χ0v) is 27.2. The lowest BCUT2D eigenvalue weighted by molar-refractivity contribution is -0.198. The molecule has 2 aromatic carbocycles. The molecule has 2 aliphatic heterocycles. The zero-order chi connectivity index (χ0) is 34.0. The van der Waals surface area contributed by atoms with Gasteiger partial charge in [0.25, 0.3) is 0 Å². The molecule has 0 aliphatic carbocycles. The van der Waals surface area contributed by atoms with E-state index in [2.05, 4.69) is 15.3 Å². The molecule has 10 nitrogen and oxygen atoms in total. The van der Waals surface area contributed by atoms with Gasteiger partial charge in [0.2, 0.25) is 17.9 Å². The predicted molar refractivity (Wildman–Crippen MR) is 172 cm³/mol. The summed E-state index contributed by atoms with van der Waals surface area (Å²) in [6, 6.07) is 11.3. The first kappa shape index (κ1) is 34.2. The van der Waals surface area contributed by atoms with E-state index < -0.39 is 22.1 Å². The van der Waals surface area contributed by atoms with Gasteiger partial charge in [0.15, 0.2) is 9.84 Å². The van der Waals surface area contributed by atoms with E-state index in [9.17, 15) is 26.4 Å². The Morgan fingerprint density at radius 3 is 2.57 bits per heavy atom. The largest absolute Gasteiger partial charge is 0.465 e. The summed E-state index contributed by atoms with van der Waals surface area (Å²) in [6.45, 7) is 5.58. The number of piperidine rings is 1. The standard InChI is InChI=1S/C33H38F3N5O5S/c1-4-7-21-10-11-24(22-8-6-9-23(17-22)47(3,43)44)25(16-21)29(33(34,35)36)46-28-18-27(39-31(37)40-28)41-14-12-32(13-15-41)19-26(38-20-32)30(42)45-5-2/h4,6-11,16-18,26,29,38H,5,12-15,19-20H2,1-3H3,(H2,37,39,40)/b7-4+/t26-,29+/m0/s1. The lowest BCUT2D eigenvalue weighted by atomic mass is 9.76. The number of carbonyl (C=O) groups is 1. The van der Waals surface area contributed by atoms with Gasteiger partial charge in [-0.15, -0.1) is 0 Å². The van der Waals surface area contributed by atoms with Crippen LogP contribution in [0.2, 0.25) is 0 Å². The van der Waals surface area contributed by atoms with E-state index >= 15 is 0 Å². The Balaban J connectivity index is 1.44. The lowest BCUT2D eigenvalue weighted by Crippen LogP contribution is -2.41. The third-order valence-corrected chi connectivity index (χ3v) is 9.72. The maximum atomic E-state index is 14.9. The van der Waals surface area contributed by atoms with E-state index in [0.29, 0.717) is 44.0 Å². The van der Waals surface area contributed by atoms with Crippen molar-refractivity contribution < 1.29 is 35.9 Å². The minimum atomic E-state index is -4.89. The predicted octanol–water partition coefficient (Wildman–Crippen LogP) is 5.36. The number of aromatic nitrogens is 2. The minimum Gasteiger partial charge on any atom is -0.465 e. The highest BCUT2D eigenvalue weighted by Gasteiger charge is 2.46. The fourth-order valence-corrected chi connectivity index (χ4v) is 6.92. The monoisotopic (exact) mass is 673 g/mol. The smallest absolute Gasteiger partial charge is 0.429 e. The Labute approximate surface area is 272 Å². The Morgan fingerprint density at radius 1 is 1.17 bits per heavy atom. The molecule has 2 fully saturated rings. The van der Waals surface area contributed by atoms with Gasteiger partial charge in [-0.3, -0.25) is 4.79 Å². The maximum absolute atomic E-state index is 14.9. The van der Waals surface area contributed by atoms with Crippen LogP contribution < -0.4 is 20.7 Å². The highest BCUT2D eigenvalue weighted by molar-refractivity contribution is 7.90. The number of carbonyl (C=O) groups excluding carboxylic acids is 1. The SMILES string of the molecule is C/C=C/c1ccc(-c2cccc(S(C)(=O)=O)c2)c([C@@H](Oc2cc(N3CCC4(CC3)CN[C@H](C(=O)OCC)C4)nc(N)n2)C(F)(F)F)c1. The van der Waals surface area contributed by atoms with Gasteiger partial charge in [0.05, 0.1) is 11.5 Å². The number of ether oxygens (including phenoxy) is 2. The summed E-state index contributed by atoms with van der Waals surface area (Å²) in [5.41, 5.74) is 6.60. The van der Waals surface area contributed by atoms with E-state index in [1.165, 1.54) is 36.4 Å². The van der Waals surface area contributed by atoms with E-state index in [4.69, 9.17) is 15.2 Å². The zero-order valence-electron chi connectivity index (χ0n) is 26.4. The van der Waals surface area contributed by atoms with Crippen molar-refractivity contribution in [3.8, 4) is 17.0 Å². The van der Waals surface area contributed by atoms with Gasteiger partial charge in [-0.1, -0.05) is 36.4 Å². The van der Waals surface area contributed by atoms with E-state index in [1.807, 2.05) is 4.90 Å². The number of alkyl halides is 3. The molecular weight excluding hydrogens is 635 g/mol. The molecule has 1 aromatic heterocycles. The fraction of sp³-hybridized carbons (Fsp3) is 0.424. The van der Waals surface area contributed by atoms with Gasteiger partial charge in [-0.2, -0.15) is 23.1 Å². The van der Waals surface area contributed by atoms with Crippen molar-refractivity contribution in [2.75, 3.05) is 43.1 Å². The number of sulfone groups is 1. The van der Waals surface area contributed by atoms with Crippen LogP contribution in [0.15, 0.2) is 59.5 Å². The van der Waals surface area contributed by atoms with Gasteiger partial charge in [-0.25, -0.2) is 8.42 Å². The molecule has 2 aliphatic rings. The van der Waals surface area contributed by atoms with Crippen molar-refractivity contribution in [3.63, 3.8) is 0 Å². The second kappa shape index (κ2) is 13.5. The van der Waals surface area contributed by atoms with Gasteiger partial charge >= 0.3 is 12.1 Å². The van der Waals surface area contributed by atoms with Crippen LogP contribution in [0.1, 0.15) is 50.3 Å². The summed E-state index contributed by atoms with van der Waals surface area (Å²) in [4.78, 5) is 22.4. The summed E-state index contributed by atoms with van der Waals surface area (Å²) >= 11 is 0. The number of nitrogen functional groups attached to an aromatic ring is 1. The average Bonchev–Trinajstić information content (AvgIpc) is 3.43. The molecule has 2 atom stereocenters. The maximum Gasteiger partial charge on any atom is 0.429 e. The molecular formula is C33H38F3N5O5S. The van der Waals surface area contributed by atoms with Crippen LogP contribution in [0, 0.1) is 5.41 Å². The number of hydrogen-bond acceptors (Lipinski definition) is 10. The fourth-order valence-electron chi connectivity index (χ4n) is 6.25. The van der Waals surface area contributed by atoms with Crippen molar-refractivity contribution >= 4 is 33.6 Å². The van der Waals surface area contributed by atoms with E-state index in [-0.39, 0.29) is 50.8 Å². The lowest BCUT2D eigenvalue weighted by Gasteiger charge is -2.39. The Hall–Kier alpha value is -4.17. The van der Waals surface area contributed by atoms with Crippen molar-refractivity contribution in [3.05, 3.63) is 65.7 Å². The Bertz CT molecular complexity index is 1760. The third-order valence-electron chi connectivity index (χ3n) is 8.61. The van der Waals surface area contributed by atoms with Gasteiger partial charge < -0.3 is 25.4 Å². The molecule has 0 radical (unpaired) electrons. The van der Waals surface area contributed by atoms with Crippen molar-refractivity contribution in [2.45, 2.75) is 56.3 Å². The number of hydrogen-bond donors (Lipinski definition) is 2. The number of benzene rings is 2. The molecule has 2 saturated heterocycles. The number of nitrogens with one attached hydrogen (secondary N) is 1. The van der Waals surface area contributed by atoms with Crippen molar-refractivity contribution in [1.29, 1.82) is 0 Å². The summed E-state index contributed by atoms with van der Waals surface area (Å²) in [5, 5.41) is 3.27. The highest BCUT2D eigenvalue weighted by Crippen LogP contribution is 2.43. The summed E-state index contributed by atoms with van der Waals surface area (Å²) in [7, 11) is -3.62. The topological polar surface area (TPSA) is 137 Å². The molecule has 1 spiro atoms. The van der Waals surface area contributed by atoms with Crippen LogP contribution in [-0.4, -0.2) is 69.1 Å². The molecule has 47 heavy (non-hydrogen) atoms. The first-order chi connectivity index (χ1) is 22.2. The number of allylic oxidation sites excluding steroid dienone is 1. The molecule has 0 amide bonds. The number of halogens is 3. The minimum absolute atomic E-state index is 0.0238. The quantitative estimate of drug-likeness (QED) is 0.286. The van der Waals surface area contributed by atoms with Crippen LogP contribution in [-0.2, 0) is 19.4 Å². The number of rotatable bonds is 9. The molecule has 0 bridgehead atoms.